The van der Waals surface area contributed by atoms with Gasteiger partial charge in [-0.1, -0.05) is 30.8 Å². The van der Waals surface area contributed by atoms with Crippen LogP contribution >= 0.6 is 0 Å². The topological polar surface area (TPSA) is 106 Å². The first-order valence-corrected chi connectivity index (χ1v) is 25.1. The summed E-state index contributed by atoms with van der Waals surface area (Å²) in [5.41, 5.74) is 13.8. The standard InChI is InChI=1S/C53H55N8O3Si/c1-58(2)37-15-20-42-49(32-37)65(6,50-33-38(59(3)4)16-21-43(50)51(42)41-10-7-8-11-48(41)64-34-62)29-9-28-63-40-18-12-35(13-19-40)52-54-44-22-14-36(30-46(44)56-52)53-55-45-23-17-39(31-47(45)57-53)61-26-24-60(5)25-27-61/h7-8,10-23,30-34H,9,24-29H2,1-6H3,(H,54,56)(H,55,57)/q+1. The van der Waals surface area contributed by atoms with E-state index < -0.39 is 8.07 Å². The highest BCUT2D eigenvalue weighted by Crippen LogP contribution is 2.45. The molecule has 2 aromatic heterocycles. The molecular formula is C53H55N8O3Si+. The number of hydrogen-bond acceptors (Lipinski definition) is 8. The Kier molecular flexibility index (Phi) is 11.1. The summed E-state index contributed by atoms with van der Waals surface area (Å²) >= 11 is 0. The van der Waals surface area contributed by atoms with E-state index in [0.717, 1.165) is 112 Å². The molecule has 2 aliphatic heterocycles. The second kappa shape index (κ2) is 17.2. The molecular weight excluding hydrogens is 825 g/mol. The van der Waals surface area contributed by atoms with Crippen LogP contribution in [0.3, 0.4) is 0 Å². The maximum Gasteiger partial charge on any atom is 0.298 e. The number of nitrogens with one attached hydrogen (secondary N) is 2. The predicted molar refractivity (Wildman–Crippen MR) is 267 cm³/mol. The fraction of sp³-hybridized carbons (Fsp3) is 0.245. The third kappa shape index (κ3) is 7.97. The number of para-hydroxylation sites is 1. The number of carbonyl (C=O) groups excluding carboxylic acids is 1. The Morgan fingerprint density at radius 1 is 0.800 bits per heavy atom. The largest absolute Gasteiger partial charge is 0.494 e. The molecule has 328 valence electrons. The Morgan fingerprint density at radius 2 is 1.51 bits per heavy atom. The molecule has 0 saturated carbocycles. The molecule has 1 atom stereocenters. The number of allylic oxidation sites excluding steroid dienone is 5. The number of benzene rings is 5. The Bertz CT molecular complexity index is 3090. The maximum atomic E-state index is 11.7. The van der Waals surface area contributed by atoms with E-state index in [1.165, 1.54) is 27.2 Å². The van der Waals surface area contributed by atoms with Crippen LogP contribution in [0.4, 0.5) is 11.4 Å². The molecule has 11 nitrogen and oxygen atoms in total. The van der Waals surface area contributed by atoms with Crippen LogP contribution in [0, 0.1) is 0 Å². The van der Waals surface area contributed by atoms with Crippen LogP contribution in [0.2, 0.25) is 12.6 Å². The van der Waals surface area contributed by atoms with Gasteiger partial charge in [0.15, 0.2) is 5.71 Å². The van der Waals surface area contributed by atoms with E-state index in [0.29, 0.717) is 18.8 Å². The number of aromatic amines is 2. The molecule has 0 unspecified atom stereocenters. The smallest absolute Gasteiger partial charge is 0.298 e. The van der Waals surface area contributed by atoms with Crippen molar-refractivity contribution in [2.45, 2.75) is 19.0 Å². The molecule has 1 fully saturated rings. The van der Waals surface area contributed by atoms with Gasteiger partial charge in [0.2, 0.25) is 0 Å². The van der Waals surface area contributed by atoms with Crippen molar-refractivity contribution >= 4 is 64.5 Å². The normalized spacial score (nSPS) is 17.3. The van der Waals surface area contributed by atoms with Crippen LogP contribution < -0.4 is 24.5 Å². The zero-order chi connectivity index (χ0) is 44.8. The van der Waals surface area contributed by atoms with Crippen LogP contribution in [0.1, 0.15) is 17.5 Å². The molecule has 0 bridgehead atoms. The number of ether oxygens (including phenoxy) is 2. The van der Waals surface area contributed by atoms with Gasteiger partial charge in [0.1, 0.15) is 45.3 Å². The summed E-state index contributed by atoms with van der Waals surface area (Å²) in [5.74, 6) is 3.03. The average Bonchev–Trinajstić information content (AvgIpc) is 3.96. The molecule has 12 heteroatoms. The second-order valence-corrected chi connectivity index (χ2v) is 22.3. The highest BCUT2D eigenvalue weighted by molar-refractivity contribution is 6.99. The van der Waals surface area contributed by atoms with Crippen molar-refractivity contribution in [2.75, 3.05) is 77.8 Å². The van der Waals surface area contributed by atoms with Gasteiger partial charge in [-0.2, -0.15) is 0 Å². The van der Waals surface area contributed by atoms with E-state index in [-0.39, 0.29) is 0 Å². The molecule has 0 radical (unpaired) electrons. The van der Waals surface area contributed by atoms with Crippen molar-refractivity contribution in [3.63, 3.8) is 0 Å². The molecule has 4 heterocycles. The molecule has 2 N–H and O–H groups in total. The second-order valence-electron chi connectivity index (χ2n) is 18.0. The number of fused-ring (bicyclic) bond motifs is 4. The van der Waals surface area contributed by atoms with Crippen LogP contribution in [-0.4, -0.2) is 118 Å². The van der Waals surface area contributed by atoms with Crippen molar-refractivity contribution < 1.29 is 18.8 Å². The molecule has 3 aliphatic rings. The van der Waals surface area contributed by atoms with Crippen molar-refractivity contribution in [2.24, 2.45) is 0 Å². The molecule has 65 heavy (non-hydrogen) atoms. The van der Waals surface area contributed by atoms with Gasteiger partial charge in [-0.15, -0.1) is 0 Å². The van der Waals surface area contributed by atoms with E-state index in [9.17, 15) is 4.79 Å². The van der Waals surface area contributed by atoms with E-state index in [1.54, 1.807) is 0 Å². The molecule has 1 saturated heterocycles. The maximum absolute atomic E-state index is 11.7. The quantitative estimate of drug-likeness (QED) is 0.0546. The van der Waals surface area contributed by atoms with Gasteiger partial charge in [0, 0.05) is 80.5 Å². The van der Waals surface area contributed by atoms with Crippen LogP contribution in [0.5, 0.6) is 11.5 Å². The van der Waals surface area contributed by atoms with Gasteiger partial charge in [-0.3, -0.25) is 4.79 Å². The third-order valence-corrected chi connectivity index (χ3v) is 18.0. The van der Waals surface area contributed by atoms with Crippen LogP contribution in [0.25, 0.3) is 50.4 Å². The Morgan fingerprint density at radius 3 is 2.25 bits per heavy atom. The zero-order valence-electron chi connectivity index (χ0n) is 38.0. The Labute approximate surface area is 381 Å². The highest BCUT2D eigenvalue weighted by atomic mass is 28.3. The summed E-state index contributed by atoms with van der Waals surface area (Å²) in [6, 6.07) is 36.7. The summed E-state index contributed by atoms with van der Waals surface area (Å²) in [6.07, 6.45) is 7.72. The average molecular weight is 880 g/mol. The number of aromatic nitrogens is 4. The molecule has 5 aromatic carbocycles. The number of piperazine rings is 1. The summed E-state index contributed by atoms with van der Waals surface area (Å²) in [5, 5.41) is 2.75. The summed E-state index contributed by atoms with van der Waals surface area (Å²) < 4.78 is 14.2. The Hall–Kier alpha value is -7.02. The van der Waals surface area contributed by atoms with Crippen molar-refractivity contribution in [3.05, 3.63) is 143 Å². The molecule has 0 amide bonds. The lowest BCUT2D eigenvalue weighted by molar-refractivity contribution is -0.462. The van der Waals surface area contributed by atoms with E-state index in [4.69, 9.17) is 19.4 Å². The van der Waals surface area contributed by atoms with E-state index in [2.05, 4.69) is 162 Å². The minimum absolute atomic E-state index is 0.516. The summed E-state index contributed by atoms with van der Waals surface area (Å²) in [7, 11) is 8.17. The lowest BCUT2D eigenvalue weighted by Gasteiger charge is -2.40. The van der Waals surface area contributed by atoms with Gasteiger partial charge in [-0.25, -0.2) is 14.5 Å². The first kappa shape index (κ1) is 42.0. The fourth-order valence-corrected chi connectivity index (χ4v) is 13.9. The first-order valence-electron chi connectivity index (χ1n) is 22.4. The zero-order valence-corrected chi connectivity index (χ0v) is 39.0. The fourth-order valence-electron chi connectivity index (χ4n) is 9.66. The van der Waals surface area contributed by atoms with Gasteiger partial charge in [0.25, 0.3) is 6.47 Å². The number of H-pyrrole nitrogens is 2. The molecule has 0 spiro atoms. The van der Waals surface area contributed by atoms with Gasteiger partial charge in [-0.05, 0) is 132 Å². The lowest BCUT2D eigenvalue weighted by Crippen LogP contribution is -2.52. The van der Waals surface area contributed by atoms with Crippen molar-refractivity contribution in [3.8, 4) is 34.3 Å². The summed E-state index contributed by atoms with van der Waals surface area (Å²) in [4.78, 5) is 35.7. The molecule has 7 aromatic rings. The van der Waals surface area contributed by atoms with E-state index >= 15 is 0 Å². The third-order valence-electron chi connectivity index (χ3n) is 13.4. The molecule has 1 aliphatic carbocycles. The monoisotopic (exact) mass is 879 g/mol. The van der Waals surface area contributed by atoms with Crippen molar-refractivity contribution in [1.82, 2.24) is 24.8 Å². The SMILES string of the molecule is CN1CCN(c2ccc3nc(-c4ccc5nc(-c6ccc(OCCC[Si@]7(C)C8=CC(=[N+](C)C)C=CC8=C(c8ccccc8OC=O)c8ccc(N(C)C)cc87)cc6)[nH]c5c4)[nH]c3c2)CC1. The first-order chi connectivity index (χ1) is 31.6. The van der Waals surface area contributed by atoms with Gasteiger partial charge < -0.3 is 34.1 Å². The summed E-state index contributed by atoms with van der Waals surface area (Å²) in [6.45, 7) is 7.81. The van der Waals surface area contributed by atoms with Gasteiger partial charge in [0.05, 0.1) is 28.7 Å². The number of likely N-dealkylation sites (N-methyl/N-ethyl adjacent to an activating group) is 1. The van der Waals surface area contributed by atoms with Crippen LogP contribution in [0.15, 0.2) is 132 Å². The minimum atomic E-state index is -2.38. The van der Waals surface area contributed by atoms with Gasteiger partial charge >= 0.3 is 0 Å². The van der Waals surface area contributed by atoms with Crippen LogP contribution in [-0.2, 0) is 4.79 Å². The Balaban J connectivity index is 0.863. The highest BCUT2D eigenvalue weighted by Gasteiger charge is 2.44. The van der Waals surface area contributed by atoms with Crippen molar-refractivity contribution in [1.29, 1.82) is 0 Å². The lowest BCUT2D eigenvalue weighted by atomic mass is 9.89. The number of carbonyl (C=O) groups is 1. The number of rotatable bonds is 12. The predicted octanol–water partition coefficient (Wildman–Crippen LogP) is 8.44. The minimum Gasteiger partial charge on any atom is -0.494 e. The molecule has 10 rings (SSSR count). The number of imidazole rings is 2. The number of nitrogens with zero attached hydrogens (tertiary/aromatic N) is 6. The van der Waals surface area contributed by atoms with E-state index in [1.807, 2.05) is 30.3 Å². The number of hydrogen-bond donors (Lipinski definition) is 2. The number of anilines is 2.